The van der Waals surface area contributed by atoms with Crippen molar-refractivity contribution < 1.29 is 9.59 Å². The van der Waals surface area contributed by atoms with E-state index in [1.165, 1.54) is 0 Å². The van der Waals surface area contributed by atoms with Crippen molar-refractivity contribution in [3.63, 3.8) is 0 Å². The van der Waals surface area contributed by atoms with Gasteiger partial charge in [-0.25, -0.2) is 0 Å². The molecule has 1 saturated heterocycles. The van der Waals surface area contributed by atoms with Crippen LogP contribution in [0.4, 0.5) is 5.69 Å². The molecule has 2 atom stereocenters. The Balaban J connectivity index is 0.00000392. The molecular weight excluding hydrogens is 376 g/mol. The van der Waals surface area contributed by atoms with E-state index >= 15 is 0 Å². The number of carbonyl (C=O) groups excluding carboxylic acids is 2. The summed E-state index contributed by atoms with van der Waals surface area (Å²) in [7, 11) is 0. The van der Waals surface area contributed by atoms with E-state index in [2.05, 4.69) is 24.1 Å². The maximum atomic E-state index is 12.8. The van der Waals surface area contributed by atoms with Gasteiger partial charge in [0, 0.05) is 43.5 Å². The molecule has 1 aliphatic heterocycles. The number of nitrogens with zero attached hydrogens (tertiary/aromatic N) is 2. The standard InChI is InChI=1S/C21H34N4O2.ClH/c1-6-24(7-2)20(27)16-9-8-10-17(13-16)23-19(26)15(3)25-12-11-18(22)21(4,5)14-25;/h8-10,13,15,18H,6-7,11-12,14,22H2,1-5H3,(H,23,26);1H. The Bertz CT molecular complexity index is 676. The minimum absolute atomic E-state index is 0. The first-order chi connectivity index (χ1) is 12.7. The second-order valence-corrected chi connectivity index (χ2v) is 8.08. The normalized spacial score (nSPS) is 20.0. The number of nitrogens with two attached hydrogens (primary N) is 1. The number of piperidine rings is 1. The lowest BCUT2D eigenvalue weighted by atomic mass is 9.79. The van der Waals surface area contributed by atoms with E-state index in [1.807, 2.05) is 26.8 Å². The molecule has 2 amide bonds. The lowest BCUT2D eigenvalue weighted by molar-refractivity contribution is -0.122. The minimum Gasteiger partial charge on any atom is -0.339 e. The second-order valence-electron chi connectivity index (χ2n) is 8.08. The highest BCUT2D eigenvalue weighted by molar-refractivity contribution is 5.98. The fourth-order valence-electron chi connectivity index (χ4n) is 3.58. The third kappa shape index (κ3) is 5.69. The van der Waals surface area contributed by atoms with Crippen LogP contribution in [0.2, 0.25) is 0 Å². The third-order valence-corrected chi connectivity index (χ3v) is 5.70. The Morgan fingerprint density at radius 2 is 1.96 bits per heavy atom. The van der Waals surface area contributed by atoms with Crippen molar-refractivity contribution in [3.8, 4) is 0 Å². The summed E-state index contributed by atoms with van der Waals surface area (Å²) in [4.78, 5) is 29.2. The smallest absolute Gasteiger partial charge is 0.253 e. The number of rotatable bonds is 6. The number of hydrogen-bond acceptors (Lipinski definition) is 4. The van der Waals surface area contributed by atoms with Crippen molar-refractivity contribution >= 4 is 29.9 Å². The number of amides is 2. The predicted molar refractivity (Wildman–Crippen MR) is 117 cm³/mol. The molecule has 2 rings (SSSR count). The summed E-state index contributed by atoms with van der Waals surface area (Å²) < 4.78 is 0. The molecule has 0 aromatic heterocycles. The maximum absolute atomic E-state index is 12.8. The van der Waals surface area contributed by atoms with Gasteiger partial charge in [-0.3, -0.25) is 14.5 Å². The first kappa shape index (κ1) is 24.4. The molecular formula is C21H35ClN4O2. The van der Waals surface area contributed by atoms with E-state index in [0.29, 0.717) is 24.3 Å². The van der Waals surface area contributed by atoms with Crippen LogP contribution in [0.15, 0.2) is 24.3 Å². The Kier molecular flexibility index (Phi) is 8.92. The number of halogens is 1. The van der Waals surface area contributed by atoms with Crippen LogP contribution in [0.25, 0.3) is 0 Å². The number of hydrogen-bond donors (Lipinski definition) is 2. The van der Waals surface area contributed by atoms with Crippen LogP contribution in [0.3, 0.4) is 0 Å². The average Bonchev–Trinajstić information content (AvgIpc) is 2.64. The molecule has 1 aromatic carbocycles. The molecule has 0 spiro atoms. The molecule has 0 aliphatic carbocycles. The van der Waals surface area contributed by atoms with Gasteiger partial charge in [0.1, 0.15) is 0 Å². The van der Waals surface area contributed by atoms with Crippen molar-refractivity contribution in [3.05, 3.63) is 29.8 Å². The first-order valence-corrected chi connectivity index (χ1v) is 9.89. The van der Waals surface area contributed by atoms with Crippen LogP contribution in [-0.2, 0) is 4.79 Å². The Morgan fingerprint density at radius 3 is 2.54 bits per heavy atom. The topological polar surface area (TPSA) is 78.7 Å². The molecule has 0 radical (unpaired) electrons. The number of benzene rings is 1. The molecule has 1 aliphatic rings. The molecule has 1 aromatic rings. The van der Waals surface area contributed by atoms with Gasteiger partial charge in [0.05, 0.1) is 6.04 Å². The SMILES string of the molecule is CCN(CC)C(=O)c1cccc(NC(=O)C(C)N2CCC(N)C(C)(C)C2)c1.Cl. The van der Waals surface area contributed by atoms with Crippen molar-refractivity contribution in [2.24, 2.45) is 11.1 Å². The molecule has 1 heterocycles. The Labute approximate surface area is 175 Å². The van der Waals surface area contributed by atoms with E-state index in [0.717, 1.165) is 19.5 Å². The summed E-state index contributed by atoms with van der Waals surface area (Å²) in [6, 6.07) is 7.07. The summed E-state index contributed by atoms with van der Waals surface area (Å²) >= 11 is 0. The van der Waals surface area contributed by atoms with Crippen LogP contribution in [0, 0.1) is 5.41 Å². The van der Waals surface area contributed by atoms with Gasteiger partial charge in [-0.05, 0) is 50.8 Å². The second kappa shape index (κ2) is 10.2. The van der Waals surface area contributed by atoms with E-state index in [9.17, 15) is 9.59 Å². The zero-order valence-corrected chi connectivity index (χ0v) is 18.5. The van der Waals surface area contributed by atoms with E-state index in [4.69, 9.17) is 5.73 Å². The molecule has 7 heteroatoms. The monoisotopic (exact) mass is 410 g/mol. The zero-order valence-electron chi connectivity index (χ0n) is 17.7. The van der Waals surface area contributed by atoms with E-state index in [1.54, 1.807) is 23.1 Å². The van der Waals surface area contributed by atoms with Gasteiger partial charge < -0.3 is 16.0 Å². The molecule has 0 saturated carbocycles. The van der Waals surface area contributed by atoms with Crippen molar-refractivity contribution in [2.75, 3.05) is 31.5 Å². The van der Waals surface area contributed by atoms with Gasteiger partial charge in [0.25, 0.3) is 5.91 Å². The van der Waals surface area contributed by atoms with Gasteiger partial charge in [0.15, 0.2) is 0 Å². The molecule has 28 heavy (non-hydrogen) atoms. The van der Waals surface area contributed by atoms with Crippen LogP contribution in [0.5, 0.6) is 0 Å². The highest BCUT2D eigenvalue weighted by atomic mass is 35.5. The van der Waals surface area contributed by atoms with Crippen molar-refractivity contribution in [1.82, 2.24) is 9.80 Å². The number of carbonyl (C=O) groups is 2. The lowest BCUT2D eigenvalue weighted by Gasteiger charge is -2.44. The largest absolute Gasteiger partial charge is 0.339 e. The van der Waals surface area contributed by atoms with Crippen LogP contribution in [0.1, 0.15) is 51.4 Å². The van der Waals surface area contributed by atoms with Crippen molar-refractivity contribution in [1.29, 1.82) is 0 Å². The highest BCUT2D eigenvalue weighted by Crippen LogP contribution is 2.29. The zero-order chi connectivity index (χ0) is 20.2. The molecule has 1 fully saturated rings. The summed E-state index contributed by atoms with van der Waals surface area (Å²) in [6.07, 6.45) is 0.887. The fraction of sp³-hybridized carbons (Fsp3) is 0.619. The van der Waals surface area contributed by atoms with Gasteiger partial charge in [-0.2, -0.15) is 0 Å². The van der Waals surface area contributed by atoms with Gasteiger partial charge in [-0.15, -0.1) is 12.4 Å². The third-order valence-electron chi connectivity index (χ3n) is 5.70. The summed E-state index contributed by atoms with van der Waals surface area (Å²) in [5.74, 6) is -0.0791. The predicted octanol–water partition coefficient (Wildman–Crippen LogP) is 2.98. The highest BCUT2D eigenvalue weighted by Gasteiger charge is 2.36. The quantitative estimate of drug-likeness (QED) is 0.755. The average molecular weight is 411 g/mol. The van der Waals surface area contributed by atoms with Crippen LogP contribution in [-0.4, -0.2) is 59.9 Å². The fourth-order valence-corrected chi connectivity index (χ4v) is 3.58. The minimum atomic E-state index is -0.251. The van der Waals surface area contributed by atoms with E-state index in [-0.39, 0.29) is 41.7 Å². The van der Waals surface area contributed by atoms with E-state index < -0.39 is 0 Å². The summed E-state index contributed by atoms with van der Waals surface area (Å²) in [5, 5.41) is 2.97. The molecule has 3 N–H and O–H groups in total. The Morgan fingerprint density at radius 1 is 1.32 bits per heavy atom. The summed E-state index contributed by atoms with van der Waals surface area (Å²) in [5.41, 5.74) is 7.44. The van der Waals surface area contributed by atoms with Gasteiger partial charge >= 0.3 is 0 Å². The lowest BCUT2D eigenvalue weighted by Crippen LogP contribution is -2.56. The first-order valence-electron chi connectivity index (χ1n) is 9.89. The number of likely N-dealkylation sites (tertiary alicyclic amines) is 1. The molecule has 158 valence electrons. The van der Waals surface area contributed by atoms with Gasteiger partial charge in [-0.1, -0.05) is 19.9 Å². The number of nitrogens with one attached hydrogen (secondary N) is 1. The van der Waals surface area contributed by atoms with Gasteiger partial charge in [0.2, 0.25) is 5.91 Å². The number of anilines is 1. The molecule has 0 bridgehead atoms. The molecule has 6 nitrogen and oxygen atoms in total. The maximum Gasteiger partial charge on any atom is 0.253 e. The van der Waals surface area contributed by atoms with Crippen LogP contribution < -0.4 is 11.1 Å². The van der Waals surface area contributed by atoms with Crippen LogP contribution >= 0.6 is 12.4 Å². The summed E-state index contributed by atoms with van der Waals surface area (Å²) in [6.45, 7) is 13.1. The Hall–Kier alpha value is -1.63. The van der Waals surface area contributed by atoms with Crippen molar-refractivity contribution in [2.45, 2.75) is 53.1 Å². The molecule has 2 unspecified atom stereocenters.